The monoisotopic (exact) mass is 196 g/mol. The van der Waals surface area contributed by atoms with Gasteiger partial charge in [0.15, 0.2) is 0 Å². The van der Waals surface area contributed by atoms with Gasteiger partial charge in [-0.25, -0.2) is 0 Å². The Kier molecular flexibility index (Phi) is 8.77. The molecule has 0 heterocycles. The van der Waals surface area contributed by atoms with Gasteiger partial charge in [0.1, 0.15) is 6.79 Å². The predicted octanol–water partition coefficient (Wildman–Crippen LogP) is 1.78. The number of alkyl halides is 1. The van der Waals surface area contributed by atoms with Gasteiger partial charge in [-0.3, -0.25) is 0 Å². The lowest BCUT2D eigenvalue weighted by Gasteiger charge is -1.99. The van der Waals surface area contributed by atoms with Crippen LogP contribution in [0.15, 0.2) is 0 Å². The van der Waals surface area contributed by atoms with Crippen LogP contribution in [0.25, 0.3) is 0 Å². The van der Waals surface area contributed by atoms with Crippen LogP contribution in [-0.2, 0) is 9.47 Å². The van der Waals surface area contributed by atoms with E-state index in [9.17, 15) is 0 Å². The number of hydrogen-bond donors (Lipinski definition) is 0. The van der Waals surface area contributed by atoms with Crippen molar-refractivity contribution < 1.29 is 9.47 Å². The first kappa shape index (κ1) is 9.40. The summed E-state index contributed by atoms with van der Waals surface area (Å²) in [5.74, 6) is 0. The lowest BCUT2D eigenvalue weighted by molar-refractivity contribution is -0.0311. The van der Waals surface area contributed by atoms with Crippen molar-refractivity contribution in [2.75, 3.05) is 25.8 Å². The molecule has 0 aliphatic carbocycles. The second-order valence-electron chi connectivity index (χ2n) is 1.71. The Hall–Kier alpha value is 0.400. The van der Waals surface area contributed by atoms with Crippen molar-refractivity contribution in [2.45, 2.75) is 12.8 Å². The molecule has 0 rings (SSSR count). The first-order chi connectivity index (χ1) is 4.41. The molecule has 0 N–H and O–H groups in total. The van der Waals surface area contributed by atoms with Gasteiger partial charge in [-0.15, -0.1) is 0 Å². The summed E-state index contributed by atoms with van der Waals surface area (Å²) >= 11 is 3.33. The lowest BCUT2D eigenvalue weighted by Crippen LogP contribution is -1.98. The van der Waals surface area contributed by atoms with Crippen molar-refractivity contribution in [1.82, 2.24) is 0 Å². The van der Waals surface area contributed by atoms with Crippen molar-refractivity contribution in [3.8, 4) is 0 Å². The highest BCUT2D eigenvalue weighted by molar-refractivity contribution is 9.09. The summed E-state index contributed by atoms with van der Waals surface area (Å²) in [5, 5.41) is 1.06. The van der Waals surface area contributed by atoms with Crippen LogP contribution in [0.1, 0.15) is 12.8 Å². The predicted molar refractivity (Wildman–Crippen MR) is 40.9 cm³/mol. The van der Waals surface area contributed by atoms with Crippen LogP contribution in [0.4, 0.5) is 0 Å². The maximum Gasteiger partial charge on any atom is 0.146 e. The lowest BCUT2D eigenvalue weighted by atomic mass is 10.4. The van der Waals surface area contributed by atoms with Gasteiger partial charge in [0, 0.05) is 19.0 Å². The summed E-state index contributed by atoms with van der Waals surface area (Å²) in [4.78, 5) is 0. The van der Waals surface area contributed by atoms with Gasteiger partial charge >= 0.3 is 0 Å². The molecule has 0 aromatic rings. The standard InChI is InChI=1S/C6H13BrO2/c1-8-6-9-5-3-2-4-7/h2-6H2,1H3. The number of halogens is 1. The fourth-order valence-corrected chi connectivity index (χ4v) is 0.837. The van der Waals surface area contributed by atoms with Crippen LogP contribution in [0.3, 0.4) is 0 Å². The van der Waals surface area contributed by atoms with Crippen molar-refractivity contribution in [2.24, 2.45) is 0 Å². The molecule has 0 saturated heterocycles. The Bertz CT molecular complexity index is 44.3. The molecule has 0 spiro atoms. The van der Waals surface area contributed by atoms with Crippen LogP contribution in [0.5, 0.6) is 0 Å². The fraction of sp³-hybridized carbons (Fsp3) is 1.00. The first-order valence-corrected chi connectivity index (χ1v) is 4.16. The molecule has 0 aromatic carbocycles. The molecule has 56 valence electrons. The normalized spacial score (nSPS) is 10.0. The minimum atomic E-state index is 0.419. The molecule has 0 atom stereocenters. The summed E-state index contributed by atoms with van der Waals surface area (Å²) in [5.41, 5.74) is 0. The number of ether oxygens (including phenoxy) is 2. The first-order valence-electron chi connectivity index (χ1n) is 3.04. The zero-order chi connectivity index (χ0) is 6.95. The second-order valence-corrected chi connectivity index (χ2v) is 2.50. The van der Waals surface area contributed by atoms with Crippen LogP contribution in [-0.4, -0.2) is 25.8 Å². The van der Waals surface area contributed by atoms with E-state index in [1.807, 2.05) is 0 Å². The highest BCUT2D eigenvalue weighted by Crippen LogP contribution is 1.93. The molecule has 0 unspecified atom stereocenters. The van der Waals surface area contributed by atoms with Crippen LogP contribution < -0.4 is 0 Å². The third-order valence-corrected chi connectivity index (χ3v) is 1.43. The quantitative estimate of drug-likeness (QED) is 0.367. The third-order valence-electron chi connectivity index (χ3n) is 0.873. The number of hydrogen-bond acceptors (Lipinski definition) is 2. The number of unbranched alkanes of at least 4 members (excludes halogenated alkanes) is 1. The fourth-order valence-electron chi connectivity index (χ4n) is 0.441. The van der Waals surface area contributed by atoms with Gasteiger partial charge in [0.05, 0.1) is 0 Å². The SMILES string of the molecule is COCOCCCCBr. The Balaban J connectivity index is 2.60. The van der Waals surface area contributed by atoms with Gasteiger partial charge in [-0.2, -0.15) is 0 Å². The van der Waals surface area contributed by atoms with E-state index >= 15 is 0 Å². The summed E-state index contributed by atoms with van der Waals surface area (Å²) in [6, 6.07) is 0. The molecular weight excluding hydrogens is 184 g/mol. The molecule has 0 aliphatic heterocycles. The Morgan fingerprint density at radius 2 is 2.11 bits per heavy atom. The average molecular weight is 197 g/mol. The van der Waals surface area contributed by atoms with Gasteiger partial charge in [0.25, 0.3) is 0 Å². The van der Waals surface area contributed by atoms with E-state index in [1.165, 1.54) is 6.42 Å². The molecule has 9 heavy (non-hydrogen) atoms. The minimum Gasteiger partial charge on any atom is -0.359 e. The van der Waals surface area contributed by atoms with E-state index in [0.29, 0.717) is 6.79 Å². The van der Waals surface area contributed by atoms with Crippen LogP contribution in [0, 0.1) is 0 Å². The average Bonchev–Trinajstić information content (AvgIpc) is 1.89. The third kappa shape index (κ3) is 8.40. The summed E-state index contributed by atoms with van der Waals surface area (Å²) in [6.45, 7) is 1.22. The maximum atomic E-state index is 5.04. The second kappa shape index (κ2) is 8.40. The molecule has 2 nitrogen and oxygen atoms in total. The van der Waals surface area contributed by atoms with Gasteiger partial charge < -0.3 is 9.47 Å². The molecule has 0 radical (unpaired) electrons. The van der Waals surface area contributed by atoms with Gasteiger partial charge in [-0.1, -0.05) is 15.9 Å². The zero-order valence-electron chi connectivity index (χ0n) is 5.73. The van der Waals surface area contributed by atoms with Crippen molar-refractivity contribution in [1.29, 1.82) is 0 Å². The number of rotatable bonds is 6. The van der Waals surface area contributed by atoms with Crippen LogP contribution in [0.2, 0.25) is 0 Å². The number of methoxy groups -OCH3 is 1. The van der Waals surface area contributed by atoms with Crippen LogP contribution >= 0.6 is 15.9 Å². The topological polar surface area (TPSA) is 18.5 Å². The largest absolute Gasteiger partial charge is 0.359 e. The van der Waals surface area contributed by atoms with Crippen molar-refractivity contribution >= 4 is 15.9 Å². The van der Waals surface area contributed by atoms with E-state index in [4.69, 9.17) is 4.74 Å². The molecular formula is C6H13BrO2. The highest BCUT2D eigenvalue weighted by Gasteiger charge is 1.85. The van der Waals surface area contributed by atoms with E-state index in [0.717, 1.165) is 18.4 Å². The maximum absolute atomic E-state index is 5.04. The molecule has 3 heteroatoms. The van der Waals surface area contributed by atoms with Crippen molar-refractivity contribution in [3.05, 3.63) is 0 Å². The van der Waals surface area contributed by atoms with E-state index in [2.05, 4.69) is 20.7 Å². The molecule has 0 aliphatic rings. The Morgan fingerprint density at radius 3 is 2.67 bits per heavy atom. The Labute approximate surface area is 64.7 Å². The molecule has 0 aromatic heterocycles. The summed E-state index contributed by atoms with van der Waals surface area (Å²) < 4.78 is 9.73. The molecule has 0 fully saturated rings. The zero-order valence-corrected chi connectivity index (χ0v) is 7.32. The molecule has 0 amide bonds. The molecule has 0 saturated carbocycles. The highest BCUT2D eigenvalue weighted by atomic mass is 79.9. The van der Waals surface area contributed by atoms with Gasteiger partial charge in [-0.05, 0) is 12.8 Å². The van der Waals surface area contributed by atoms with Crippen molar-refractivity contribution in [3.63, 3.8) is 0 Å². The minimum absolute atomic E-state index is 0.419. The van der Waals surface area contributed by atoms with E-state index in [1.54, 1.807) is 7.11 Å². The smallest absolute Gasteiger partial charge is 0.146 e. The summed E-state index contributed by atoms with van der Waals surface area (Å²) in [6.07, 6.45) is 2.28. The van der Waals surface area contributed by atoms with E-state index < -0.39 is 0 Å². The summed E-state index contributed by atoms with van der Waals surface area (Å²) in [7, 11) is 1.63. The Morgan fingerprint density at radius 1 is 1.33 bits per heavy atom. The van der Waals surface area contributed by atoms with Gasteiger partial charge in [0.2, 0.25) is 0 Å². The van der Waals surface area contributed by atoms with E-state index in [-0.39, 0.29) is 0 Å². The molecule has 0 bridgehead atoms.